The molecule has 7 nitrogen and oxygen atoms in total. The molecule has 3 atom stereocenters. The maximum atomic E-state index is 13.6. The molecule has 1 fully saturated rings. The first-order chi connectivity index (χ1) is 17.1. The molecule has 9 heteroatoms. The number of halogens is 2. The Morgan fingerprint density at radius 3 is 2.64 bits per heavy atom. The molecule has 2 heterocycles. The minimum atomic E-state index is -0.904. The zero-order valence-electron chi connectivity index (χ0n) is 20.6. The van der Waals surface area contributed by atoms with Crippen molar-refractivity contribution in [2.45, 2.75) is 50.7 Å². The molecule has 2 aromatic heterocycles. The molecule has 1 saturated carbocycles. The zero-order chi connectivity index (χ0) is 25.8. The number of likely N-dealkylation sites (N-methyl/N-ethyl adjacent to an activating group) is 1. The topological polar surface area (TPSA) is 80.4 Å². The standard InChI is InChI=1S/C27H28Cl2N4O3/c1-15-22-24(31-36-15)23-20(29)9-6-10-21(23)33(25(22)34)19-12-11-18(14-19)30-26(35)27(2,32(3)4)16-7-5-8-17(28)13-16/h5-10,13,18-19H,11-12,14H2,1-4H3,(H,30,35). The molecule has 0 spiro atoms. The fraction of sp³-hybridized carbons (Fsp3) is 0.370. The van der Waals surface area contributed by atoms with Gasteiger partial charge in [0.1, 0.15) is 22.2 Å². The van der Waals surface area contributed by atoms with Gasteiger partial charge in [-0.15, -0.1) is 0 Å². The second kappa shape index (κ2) is 9.21. The average Bonchev–Trinajstić information content (AvgIpc) is 3.45. The van der Waals surface area contributed by atoms with Crippen molar-refractivity contribution in [1.82, 2.24) is 19.9 Å². The van der Waals surface area contributed by atoms with Crippen molar-refractivity contribution >= 4 is 50.9 Å². The SMILES string of the molecule is Cc1onc2c1c(=O)n(C1CCC(NC(=O)C(C)(c3cccc(Cl)c3)N(C)C)C1)c1cccc(Cl)c21. The second-order valence-corrected chi connectivity index (χ2v) is 10.7. The van der Waals surface area contributed by atoms with Gasteiger partial charge in [0, 0.05) is 22.5 Å². The number of nitrogens with zero attached hydrogens (tertiary/aromatic N) is 3. The van der Waals surface area contributed by atoms with E-state index in [1.165, 1.54) is 0 Å². The fourth-order valence-electron chi connectivity index (χ4n) is 5.37. The van der Waals surface area contributed by atoms with Crippen LogP contribution in [0.25, 0.3) is 21.8 Å². The third kappa shape index (κ3) is 3.90. The molecule has 1 aliphatic rings. The number of pyridine rings is 1. The van der Waals surface area contributed by atoms with Crippen LogP contribution in [0.4, 0.5) is 0 Å². The van der Waals surface area contributed by atoms with Crippen LogP contribution < -0.4 is 10.9 Å². The highest BCUT2D eigenvalue weighted by molar-refractivity contribution is 6.37. The summed E-state index contributed by atoms with van der Waals surface area (Å²) in [6.45, 7) is 3.63. The Balaban J connectivity index is 1.48. The van der Waals surface area contributed by atoms with E-state index in [-0.39, 0.29) is 23.6 Å². The summed E-state index contributed by atoms with van der Waals surface area (Å²) >= 11 is 12.8. The normalized spacial score (nSPS) is 19.8. The van der Waals surface area contributed by atoms with E-state index in [2.05, 4.69) is 10.5 Å². The first-order valence-electron chi connectivity index (χ1n) is 12.0. The number of hydrogen-bond donors (Lipinski definition) is 1. The molecular formula is C27H28Cl2N4O3. The molecule has 36 heavy (non-hydrogen) atoms. The quantitative estimate of drug-likeness (QED) is 0.374. The number of rotatable bonds is 5. The molecule has 188 valence electrons. The van der Waals surface area contributed by atoms with Gasteiger partial charge in [0.05, 0.1) is 10.5 Å². The molecule has 2 aromatic carbocycles. The number of amides is 1. The number of aromatic nitrogens is 2. The van der Waals surface area contributed by atoms with Crippen molar-refractivity contribution < 1.29 is 9.32 Å². The predicted octanol–water partition coefficient (Wildman–Crippen LogP) is 5.44. The van der Waals surface area contributed by atoms with E-state index in [4.69, 9.17) is 27.7 Å². The Kier molecular flexibility index (Phi) is 6.35. The van der Waals surface area contributed by atoms with Crippen LogP contribution >= 0.6 is 23.2 Å². The van der Waals surface area contributed by atoms with E-state index in [1.54, 1.807) is 19.1 Å². The van der Waals surface area contributed by atoms with Gasteiger partial charge >= 0.3 is 0 Å². The summed E-state index contributed by atoms with van der Waals surface area (Å²) < 4.78 is 7.18. The molecule has 0 aliphatic heterocycles. The number of hydrogen-bond acceptors (Lipinski definition) is 5. The summed E-state index contributed by atoms with van der Waals surface area (Å²) in [5, 5.41) is 9.63. The van der Waals surface area contributed by atoms with E-state index in [0.29, 0.717) is 38.5 Å². The van der Waals surface area contributed by atoms with Gasteiger partial charge in [-0.05, 0) is 77.0 Å². The number of carbonyl (C=O) groups is 1. The van der Waals surface area contributed by atoms with Crippen molar-refractivity contribution in [3.05, 3.63) is 74.2 Å². The number of nitrogens with one attached hydrogen (secondary N) is 1. The number of benzene rings is 2. The third-order valence-electron chi connectivity index (χ3n) is 7.61. The van der Waals surface area contributed by atoms with Crippen molar-refractivity contribution in [3.63, 3.8) is 0 Å². The summed E-state index contributed by atoms with van der Waals surface area (Å²) in [6, 6.07) is 12.7. The lowest BCUT2D eigenvalue weighted by Gasteiger charge is -2.36. The molecule has 3 unspecified atom stereocenters. The van der Waals surface area contributed by atoms with Crippen LogP contribution in [0.3, 0.4) is 0 Å². The van der Waals surface area contributed by atoms with E-state index in [0.717, 1.165) is 23.9 Å². The summed E-state index contributed by atoms with van der Waals surface area (Å²) in [4.78, 5) is 29.1. The molecule has 4 aromatic rings. The molecule has 1 amide bonds. The minimum Gasteiger partial charge on any atom is -0.360 e. The zero-order valence-corrected chi connectivity index (χ0v) is 22.2. The summed E-state index contributed by atoms with van der Waals surface area (Å²) in [5.41, 5.74) is 0.978. The Hall–Kier alpha value is -2.87. The number of aryl methyl sites for hydroxylation is 1. The lowest BCUT2D eigenvalue weighted by molar-refractivity contribution is -0.132. The van der Waals surface area contributed by atoms with Gasteiger partial charge in [0.25, 0.3) is 5.56 Å². The molecule has 1 N–H and O–H groups in total. The summed E-state index contributed by atoms with van der Waals surface area (Å²) in [6.07, 6.45) is 2.13. The van der Waals surface area contributed by atoms with Crippen LogP contribution in [0.1, 0.15) is 43.6 Å². The molecular weight excluding hydrogens is 499 g/mol. The van der Waals surface area contributed by atoms with Crippen LogP contribution in [0, 0.1) is 6.92 Å². The maximum Gasteiger partial charge on any atom is 0.264 e. The average molecular weight is 527 g/mol. The van der Waals surface area contributed by atoms with Gasteiger partial charge in [-0.1, -0.05) is 46.6 Å². The first-order valence-corrected chi connectivity index (χ1v) is 12.7. The monoisotopic (exact) mass is 526 g/mol. The Labute approximate surface area is 218 Å². The van der Waals surface area contributed by atoms with Crippen molar-refractivity contribution in [2.75, 3.05) is 14.1 Å². The van der Waals surface area contributed by atoms with Gasteiger partial charge in [-0.3, -0.25) is 14.5 Å². The molecule has 0 saturated heterocycles. The van der Waals surface area contributed by atoms with E-state index < -0.39 is 5.54 Å². The van der Waals surface area contributed by atoms with Gasteiger partial charge in [0.2, 0.25) is 5.91 Å². The van der Waals surface area contributed by atoms with E-state index >= 15 is 0 Å². The molecule has 0 radical (unpaired) electrons. The smallest absolute Gasteiger partial charge is 0.264 e. The van der Waals surface area contributed by atoms with E-state index in [1.807, 2.05) is 60.8 Å². The van der Waals surface area contributed by atoms with Crippen LogP contribution in [-0.4, -0.2) is 40.7 Å². The van der Waals surface area contributed by atoms with Gasteiger partial charge in [-0.25, -0.2) is 0 Å². The third-order valence-corrected chi connectivity index (χ3v) is 8.16. The maximum absolute atomic E-state index is 13.6. The lowest BCUT2D eigenvalue weighted by Crippen LogP contribution is -2.53. The van der Waals surface area contributed by atoms with Crippen LogP contribution in [0.2, 0.25) is 10.0 Å². The van der Waals surface area contributed by atoms with Crippen molar-refractivity contribution in [1.29, 1.82) is 0 Å². The highest BCUT2D eigenvalue weighted by Gasteiger charge is 2.40. The van der Waals surface area contributed by atoms with E-state index in [9.17, 15) is 9.59 Å². The number of carbonyl (C=O) groups excluding carboxylic acids is 1. The highest BCUT2D eigenvalue weighted by Crippen LogP contribution is 2.37. The van der Waals surface area contributed by atoms with Gasteiger partial charge < -0.3 is 14.4 Å². The largest absolute Gasteiger partial charge is 0.360 e. The van der Waals surface area contributed by atoms with Gasteiger partial charge in [-0.2, -0.15) is 0 Å². The number of fused-ring (bicyclic) bond motifs is 3. The Bertz CT molecular complexity index is 1540. The van der Waals surface area contributed by atoms with Crippen molar-refractivity contribution in [2.24, 2.45) is 0 Å². The van der Waals surface area contributed by atoms with Crippen LogP contribution in [-0.2, 0) is 10.3 Å². The van der Waals surface area contributed by atoms with Gasteiger partial charge in [0.15, 0.2) is 0 Å². The minimum absolute atomic E-state index is 0.0821. The summed E-state index contributed by atoms with van der Waals surface area (Å²) in [5.74, 6) is 0.364. The molecule has 1 aliphatic carbocycles. The summed E-state index contributed by atoms with van der Waals surface area (Å²) in [7, 11) is 3.76. The van der Waals surface area contributed by atoms with Crippen molar-refractivity contribution in [3.8, 4) is 0 Å². The fourth-order valence-corrected chi connectivity index (χ4v) is 5.82. The highest BCUT2D eigenvalue weighted by atomic mass is 35.5. The van der Waals surface area contributed by atoms with Crippen LogP contribution in [0.15, 0.2) is 51.8 Å². The molecule has 0 bridgehead atoms. The first kappa shape index (κ1) is 24.8. The predicted molar refractivity (Wildman–Crippen MR) is 143 cm³/mol. The second-order valence-electron chi connectivity index (χ2n) is 9.89. The Morgan fingerprint density at radius 2 is 1.92 bits per heavy atom. The van der Waals surface area contributed by atoms with Crippen LogP contribution in [0.5, 0.6) is 0 Å². The molecule has 5 rings (SSSR count). The Morgan fingerprint density at radius 1 is 1.17 bits per heavy atom. The lowest BCUT2D eigenvalue weighted by atomic mass is 9.89.